The van der Waals surface area contributed by atoms with Crippen molar-refractivity contribution in [3.05, 3.63) is 18.0 Å². The Morgan fingerprint density at radius 2 is 2.00 bits per heavy atom. The molecule has 1 aromatic rings. The minimum Gasteiger partial charge on any atom is -0.309 e. The Kier molecular flexibility index (Phi) is 6.08. The summed E-state index contributed by atoms with van der Waals surface area (Å²) in [4.78, 5) is 0. The molecule has 1 unspecified atom stereocenters. The molecule has 1 N–H and O–H groups in total. The first kappa shape index (κ1) is 15.6. The molecular formula is C17H31N3. The Labute approximate surface area is 124 Å². The van der Waals surface area contributed by atoms with Crippen molar-refractivity contribution < 1.29 is 0 Å². The van der Waals surface area contributed by atoms with Crippen LogP contribution in [0.3, 0.4) is 0 Å². The molecule has 0 saturated heterocycles. The van der Waals surface area contributed by atoms with Gasteiger partial charge in [-0.15, -0.1) is 0 Å². The molecule has 1 aliphatic rings. The van der Waals surface area contributed by atoms with Crippen LogP contribution in [0.15, 0.2) is 12.3 Å². The molecule has 0 amide bonds. The first-order chi connectivity index (χ1) is 9.80. The van der Waals surface area contributed by atoms with Crippen molar-refractivity contribution in [1.29, 1.82) is 0 Å². The smallest absolute Gasteiger partial charge is 0.0556 e. The van der Waals surface area contributed by atoms with E-state index in [9.17, 15) is 0 Å². The van der Waals surface area contributed by atoms with Crippen molar-refractivity contribution in [2.75, 3.05) is 6.54 Å². The van der Waals surface area contributed by atoms with Crippen LogP contribution in [0.1, 0.15) is 71.0 Å². The standard InChI is InChI=1S/C17H31N3/c1-4-7-14-8-10-15(11-9-14)17(18-5-2)16-12-13-19-20(16)6-3/h12-15,17-18H,4-11H2,1-3H3. The van der Waals surface area contributed by atoms with Gasteiger partial charge in [-0.3, -0.25) is 4.68 Å². The van der Waals surface area contributed by atoms with Gasteiger partial charge in [0.1, 0.15) is 0 Å². The molecule has 3 nitrogen and oxygen atoms in total. The second-order valence-electron chi connectivity index (χ2n) is 6.18. The quantitative estimate of drug-likeness (QED) is 0.811. The maximum Gasteiger partial charge on any atom is 0.0556 e. The van der Waals surface area contributed by atoms with Crippen LogP contribution in [0.2, 0.25) is 0 Å². The molecule has 0 spiro atoms. The summed E-state index contributed by atoms with van der Waals surface area (Å²) >= 11 is 0. The van der Waals surface area contributed by atoms with Gasteiger partial charge in [-0.2, -0.15) is 5.10 Å². The molecular weight excluding hydrogens is 246 g/mol. The molecule has 1 atom stereocenters. The van der Waals surface area contributed by atoms with Gasteiger partial charge in [0, 0.05) is 12.7 Å². The second kappa shape index (κ2) is 7.82. The van der Waals surface area contributed by atoms with E-state index in [0.29, 0.717) is 6.04 Å². The SMILES string of the molecule is CCCC1CCC(C(NCC)c2ccnn2CC)CC1. The number of nitrogens with one attached hydrogen (secondary N) is 1. The zero-order valence-corrected chi connectivity index (χ0v) is 13.4. The highest BCUT2D eigenvalue weighted by atomic mass is 15.3. The number of aromatic nitrogens is 2. The lowest BCUT2D eigenvalue weighted by molar-refractivity contribution is 0.210. The van der Waals surface area contributed by atoms with Crippen LogP contribution in [0.25, 0.3) is 0 Å². The Bertz CT molecular complexity index is 377. The third kappa shape index (κ3) is 3.63. The summed E-state index contributed by atoms with van der Waals surface area (Å²) < 4.78 is 2.16. The summed E-state index contributed by atoms with van der Waals surface area (Å²) in [5.74, 6) is 1.76. The van der Waals surface area contributed by atoms with Crippen molar-refractivity contribution in [2.45, 2.75) is 71.9 Å². The van der Waals surface area contributed by atoms with Crippen LogP contribution in [-0.2, 0) is 6.54 Å². The summed E-state index contributed by atoms with van der Waals surface area (Å²) in [7, 11) is 0. The van der Waals surface area contributed by atoms with Crippen molar-refractivity contribution in [2.24, 2.45) is 11.8 Å². The molecule has 0 bridgehead atoms. The van der Waals surface area contributed by atoms with Gasteiger partial charge in [-0.05, 0) is 44.2 Å². The fourth-order valence-corrected chi connectivity index (χ4v) is 3.82. The van der Waals surface area contributed by atoms with Crippen LogP contribution >= 0.6 is 0 Å². The Morgan fingerprint density at radius 3 is 2.60 bits per heavy atom. The number of aryl methyl sites for hydroxylation is 1. The van der Waals surface area contributed by atoms with Crippen LogP contribution in [0.5, 0.6) is 0 Å². The van der Waals surface area contributed by atoms with E-state index in [1.54, 1.807) is 0 Å². The maximum atomic E-state index is 4.45. The lowest BCUT2D eigenvalue weighted by Gasteiger charge is -2.34. The fraction of sp³-hybridized carbons (Fsp3) is 0.824. The zero-order valence-electron chi connectivity index (χ0n) is 13.4. The highest BCUT2D eigenvalue weighted by Gasteiger charge is 2.29. The lowest BCUT2D eigenvalue weighted by atomic mass is 9.76. The highest BCUT2D eigenvalue weighted by Crippen LogP contribution is 2.38. The topological polar surface area (TPSA) is 29.9 Å². The molecule has 0 aliphatic heterocycles. The van der Waals surface area contributed by atoms with Crippen molar-refractivity contribution >= 4 is 0 Å². The largest absolute Gasteiger partial charge is 0.309 e. The van der Waals surface area contributed by atoms with Gasteiger partial charge in [0.15, 0.2) is 0 Å². The molecule has 1 fully saturated rings. The van der Waals surface area contributed by atoms with Crippen molar-refractivity contribution in [3.63, 3.8) is 0 Å². The van der Waals surface area contributed by atoms with Gasteiger partial charge in [0.05, 0.1) is 11.7 Å². The molecule has 0 aromatic carbocycles. The third-order valence-electron chi connectivity index (χ3n) is 4.85. The third-order valence-corrected chi connectivity index (χ3v) is 4.85. The van der Waals surface area contributed by atoms with Crippen molar-refractivity contribution in [3.8, 4) is 0 Å². The van der Waals surface area contributed by atoms with Gasteiger partial charge in [0.25, 0.3) is 0 Å². The minimum atomic E-state index is 0.491. The summed E-state index contributed by atoms with van der Waals surface area (Å²) in [5, 5.41) is 8.17. The van der Waals surface area contributed by atoms with Crippen LogP contribution in [0.4, 0.5) is 0 Å². The first-order valence-corrected chi connectivity index (χ1v) is 8.55. The Hall–Kier alpha value is -0.830. The molecule has 1 saturated carbocycles. The maximum absolute atomic E-state index is 4.45. The lowest BCUT2D eigenvalue weighted by Crippen LogP contribution is -2.32. The molecule has 114 valence electrons. The van der Waals surface area contributed by atoms with E-state index < -0.39 is 0 Å². The molecule has 20 heavy (non-hydrogen) atoms. The molecule has 0 radical (unpaired) electrons. The number of hydrogen-bond donors (Lipinski definition) is 1. The van der Waals surface area contributed by atoms with E-state index in [-0.39, 0.29) is 0 Å². The summed E-state index contributed by atoms with van der Waals surface area (Å²) in [6.07, 6.45) is 10.3. The highest BCUT2D eigenvalue weighted by molar-refractivity contribution is 5.09. The average Bonchev–Trinajstić information content (AvgIpc) is 2.94. The average molecular weight is 277 g/mol. The molecule has 1 heterocycles. The van der Waals surface area contributed by atoms with Gasteiger partial charge in [-0.1, -0.05) is 39.5 Å². The number of rotatable bonds is 7. The van der Waals surface area contributed by atoms with Gasteiger partial charge >= 0.3 is 0 Å². The summed E-state index contributed by atoms with van der Waals surface area (Å²) in [6.45, 7) is 8.71. The monoisotopic (exact) mass is 277 g/mol. The van der Waals surface area contributed by atoms with E-state index in [1.807, 2.05) is 6.20 Å². The minimum absolute atomic E-state index is 0.491. The van der Waals surface area contributed by atoms with E-state index in [4.69, 9.17) is 0 Å². The molecule has 2 rings (SSSR count). The normalized spacial score (nSPS) is 24.8. The van der Waals surface area contributed by atoms with E-state index >= 15 is 0 Å². The van der Waals surface area contributed by atoms with Crippen LogP contribution in [-0.4, -0.2) is 16.3 Å². The number of nitrogens with zero attached hydrogens (tertiary/aromatic N) is 2. The summed E-state index contributed by atoms with van der Waals surface area (Å²) in [6, 6.07) is 2.69. The van der Waals surface area contributed by atoms with Crippen molar-refractivity contribution in [1.82, 2.24) is 15.1 Å². The van der Waals surface area contributed by atoms with E-state index in [2.05, 4.69) is 41.9 Å². The molecule has 1 aliphatic carbocycles. The van der Waals surface area contributed by atoms with E-state index in [1.165, 1.54) is 44.2 Å². The Morgan fingerprint density at radius 1 is 1.25 bits per heavy atom. The number of hydrogen-bond acceptors (Lipinski definition) is 2. The second-order valence-corrected chi connectivity index (χ2v) is 6.18. The Balaban J connectivity index is 2.03. The molecule has 1 aromatic heterocycles. The van der Waals surface area contributed by atoms with Gasteiger partial charge in [-0.25, -0.2) is 0 Å². The fourth-order valence-electron chi connectivity index (χ4n) is 3.82. The van der Waals surface area contributed by atoms with E-state index in [0.717, 1.165) is 24.9 Å². The molecule has 3 heteroatoms. The van der Waals surface area contributed by atoms with Crippen LogP contribution < -0.4 is 5.32 Å². The summed E-state index contributed by atoms with van der Waals surface area (Å²) in [5.41, 5.74) is 1.38. The zero-order chi connectivity index (χ0) is 14.4. The predicted octanol–water partition coefficient (Wildman–Crippen LogP) is 4.16. The predicted molar refractivity (Wildman–Crippen MR) is 84.7 cm³/mol. The first-order valence-electron chi connectivity index (χ1n) is 8.55. The van der Waals surface area contributed by atoms with Crippen LogP contribution in [0, 0.1) is 11.8 Å². The van der Waals surface area contributed by atoms with Gasteiger partial charge in [0.2, 0.25) is 0 Å². The van der Waals surface area contributed by atoms with Gasteiger partial charge < -0.3 is 5.32 Å².